The van der Waals surface area contributed by atoms with E-state index in [4.69, 9.17) is 9.84 Å². The number of aromatic nitrogens is 1. The lowest BCUT2D eigenvalue weighted by atomic mass is 10.1. The summed E-state index contributed by atoms with van der Waals surface area (Å²) in [5.41, 5.74) is 0.759. The van der Waals surface area contributed by atoms with E-state index in [9.17, 15) is 4.79 Å². The van der Waals surface area contributed by atoms with Crippen molar-refractivity contribution in [2.45, 2.75) is 19.4 Å². The van der Waals surface area contributed by atoms with Crippen LogP contribution in [-0.2, 0) is 0 Å². The molecule has 5 nitrogen and oxygen atoms in total. The standard InChI is InChI=1S/C16H20N2O3/c1-16(2,18(3)4)10-21-14-9-8-11-12(15(19)20)6-5-7-13(11)17-14/h5-9H,10H2,1-4H3,(H,19,20). The Bertz CT molecular complexity index is 666. The SMILES string of the molecule is CN(C)C(C)(C)COc1ccc2c(C(=O)O)cccc2n1. The molecule has 2 aromatic rings. The molecule has 1 heterocycles. The minimum atomic E-state index is -0.954. The molecule has 0 unspecified atom stereocenters. The molecule has 1 aromatic carbocycles. The first-order chi connectivity index (χ1) is 9.81. The molecule has 21 heavy (non-hydrogen) atoms. The second-order valence-corrected chi connectivity index (χ2v) is 5.82. The Hall–Kier alpha value is -2.14. The average Bonchev–Trinajstić information content (AvgIpc) is 2.44. The van der Waals surface area contributed by atoms with Crippen LogP contribution in [0.3, 0.4) is 0 Å². The first-order valence-electron chi connectivity index (χ1n) is 6.74. The lowest BCUT2D eigenvalue weighted by Crippen LogP contribution is -2.43. The number of carboxylic acid groups (broad SMARTS) is 1. The number of likely N-dealkylation sites (N-methyl/N-ethyl adjacent to an activating group) is 1. The van der Waals surface area contributed by atoms with Crippen molar-refractivity contribution in [3.63, 3.8) is 0 Å². The van der Waals surface area contributed by atoms with Gasteiger partial charge < -0.3 is 14.7 Å². The van der Waals surface area contributed by atoms with E-state index in [0.29, 0.717) is 23.4 Å². The van der Waals surface area contributed by atoms with E-state index in [2.05, 4.69) is 23.7 Å². The van der Waals surface area contributed by atoms with E-state index in [-0.39, 0.29) is 11.1 Å². The van der Waals surface area contributed by atoms with Gasteiger partial charge in [0.2, 0.25) is 5.88 Å². The van der Waals surface area contributed by atoms with Gasteiger partial charge in [-0.2, -0.15) is 0 Å². The Morgan fingerprint density at radius 3 is 2.62 bits per heavy atom. The first kappa shape index (κ1) is 15.3. The maximum Gasteiger partial charge on any atom is 0.336 e. The molecule has 0 fully saturated rings. The van der Waals surface area contributed by atoms with E-state index in [1.54, 1.807) is 30.3 Å². The van der Waals surface area contributed by atoms with Gasteiger partial charge in [-0.3, -0.25) is 0 Å². The fraction of sp³-hybridized carbons (Fsp3) is 0.375. The number of benzene rings is 1. The molecule has 1 N–H and O–H groups in total. The van der Waals surface area contributed by atoms with Gasteiger partial charge in [0.05, 0.1) is 11.1 Å². The van der Waals surface area contributed by atoms with Crippen LogP contribution < -0.4 is 4.74 Å². The molecular formula is C16H20N2O3. The summed E-state index contributed by atoms with van der Waals surface area (Å²) in [5.74, 6) is -0.454. The van der Waals surface area contributed by atoms with Crippen LogP contribution in [0.4, 0.5) is 0 Å². The minimum absolute atomic E-state index is 0.112. The van der Waals surface area contributed by atoms with Gasteiger partial charge in [-0.05, 0) is 46.1 Å². The smallest absolute Gasteiger partial charge is 0.336 e. The molecule has 0 bridgehead atoms. The van der Waals surface area contributed by atoms with Gasteiger partial charge in [-0.15, -0.1) is 0 Å². The summed E-state index contributed by atoms with van der Waals surface area (Å²) < 4.78 is 5.74. The number of ether oxygens (including phenoxy) is 1. The van der Waals surface area contributed by atoms with E-state index in [1.807, 2.05) is 14.1 Å². The summed E-state index contributed by atoms with van der Waals surface area (Å²) in [7, 11) is 3.99. The van der Waals surface area contributed by atoms with Crippen LogP contribution in [0, 0.1) is 0 Å². The number of carboxylic acids is 1. The van der Waals surface area contributed by atoms with E-state index < -0.39 is 5.97 Å². The molecule has 0 aliphatic carbocycles. The van der Waals surface area contributed by atoms with E-state index >= 15 is 0 Å². The Kier molecular flexibility index (Phi) is 4.14. The third-order valence-corrected chi connectivity index (χ3v) is 3.72. The van der Waals surface area contributed by atoms with Crippen molar-refractivity contribution in [1.29, 1.82) is 0 Å². The van der Waals surface area contributed by atoms with Crippen molar-refractivity contribution in [3.8, 4) is 5.88 Å². The zero-order chi connectivity index (χ0) is 15.6. The average molecular weight is 288 g/mol. The molecule has 0 radical (unpaired) electrons. The van der Waals surface area contributed by atoms with Crippen molar-refractivity contribution in [3.05, 3.63) is 35.9 Å². The highest BCUT2D eigenvalue weighted by Gasteiger charge is 2.21. The Morgan fingerprint density at radius 1 is 1.29 bits per heavy atom. The largest absolute Gasteiger partial charge is 0.478 e. The summed E-state index contributed by atoms with van der Waals surface area (Å²) in [4.78, 5) is 17.6. The molecule has 0 saturated heterocycles. The predicted octanol–water partition coefficient (Wildman–Crippen LogP) is 2.65. The molecule has 0 aliphatic rings. The molecule has 0 amide bonds. The highest BCUT2D eigenvalue weighted by atomic mass is 16.5. The maximum absolute atomic E-state index is 11.2. The molecule has 112 valence electrons. The minimum Gasteiger partial charge on any atom is -0.478 e. The Balaban J connectivity index is 2.26. The van der Waals surface area contributed by atoms with Crippen molar-refractivity contribution >= 4 is 16.9 Å². The number of rotatable bonds is 5. The quantitative estimate of drug-likeness (QED) is 0.916. The number of fused-ring (bicyclic) bond motifs is 1. The zero-order valence-corrected chi connectivity index (χ0v) is 12.8. The van der Waals surface area contributed by atoms with Gasteiger partial charge in [0.15, 0.2) is 0 Å². The van der Waals surface area contributed by atoms with Gasteiger partial charge in [-0.25, -0.2) is 9.78 Å². The summed E-state index contributed by atoms with van der Waals surface area (Å²) in [6.07, 6.45) is 0. The number of carbonyl (C=O) groups is 1. The number of pyridine rings is 1. The zero-order valence-electron chi connectivity index (χ0n) is 12.8. The second-order valence-electron chi connectivity index (χ2n) is 5.82. The molecule has 5 heteroatoms. The van der Waals surface area contributed by atoms with Crippen LogP contribution in [0.25, 0.3) is 10.9 Å². The first-order valence-corrected chi connectivity index (χ1v) is 6.74. The van der Waals surface area contributed by atoms with Crippen LogP contribution in [0.1, 0.15) is 24.2 Å². The number of nitrogens with zero attached hydrogens (tertiary/aromatic N) is 2. The van der Waals surface area contributed by atoms with E-state index in [1.165, 1.54) is 0 Å². The number of hydrogen-bond acceptors (Lipinski definition) is 4. The fourth-order valence-electron chi connectivity index (χ4n) is 1.78. The van der Waals surface area contributed by atoms with Gasteiger partial charge in [-0.1, -0.05) is 6.07 Å². The third kappa shape index (κ3) is 3.31. The topological polar surface area (TPSA) is 62.7 Å². The lowest BCUT2D eigenvalue weighted by molar-refractivity contribution is 0.0699. The second kappa shape index (κ2) is 5.69. The normalized spacial score (nSPS) is 11.9. The number of aromatic carboxylic acids is 1. The van der Waals surface area contributed by atoms with Crippen LogP contribution in [0.2, 0.25) is 0 Å². The summed E-state index contributed by atoms with van der Waals surface area (Å²) >= 11 is 0. The highest BCUT2D eigenvalue weighted by Crippen LogP contribution is 2.21. The van der Waals surface area contributed by atoms with Gasteiger partial charge >= 0.3 is 5.97 Å². The van der Waals surface area contributed by atoms with Crippen molar-refractivity contribution in [2.24, 2.45) is 0 Å². The monoisotopic (exact) mass is 288 g/mol. The summed E-state index contributed by atoms with van der Waals surface area (Å²) in [6.45, 7) is 4.66. The van der Waals surface area contributed by atoms with Crippen LogP contribution in [0.15, 0.2) is 30.3 Å². The van der Waals surface area contributed by atoms with Crippen molar-refractivity contribution in [2.75, 3.05) is 20.7 Å². The highest BCUT2D eigenvalue weighted by molar-refractivity contribution is 6.02. The van der Waals surface area contributed by atoms with Gasteiger partial charge in [0, 0.05) is 17.0 Å². The summed E-state index contributed by atoms with van der Waals surface area (Å²) in [5, 5.41) is 9.77. The molecule has 2 rings (SSSR count). The molecular weight excluding hydrogens is 268 g/mol. The molecule has 1 aromatic heterocycles. The lowest BCUT2D eigenvalue weighted by Gasteiger charge is -2.31. The fourth-order valence-corrected chi connectivity index (χ4v) is 1.78. The summed E-state index contributed by atoms with van der Waals surface area (Å²) in [6, 6.07) is 8.49. The molecule has 0 saturated carbocycles. The maximum atomic E-state index is 11.2. The molecule has 0 atom stereocenters. The predicted molar refractivity (Wildman–Crippen MR) is 82.0 cm³/mol. The third-order valence-electron chi connectivity index (χ3n) is 3.72. The Labute approximate surface area is 124 Å². The van der Waals surface area contributed by atoms with E-state index in [0.717, 1.165) is 0 Å². The van der Waals surface area contributed by atoms with Crippen LogP contribution in [0.5, 0.6) is 5.88 Å². The van der Waals surface area contributed by atoms with Gasteiger partial charge in [0.1, 0.15) is 6.61 Å². The van der Waals surface area contributed by atoms with Crippen molar-refractivity contribution in [1.82, 2.24) is 9.88 Å². The van der Waals surface area contributed by atoms with Gasteiger partial charge in [0.25, 0.3) is 0 Å². The van der Waals surface area contributed by atoms with Crippen molar-refractivity contribution < 1.29 is 14.6 Å². The number of hydrogen-bond donors (Lipinski definition) is 1. The Morgan fingerprint density at radius 2 is 2.00 bits per heavy atom. The molecule has 0 spiro atoms. The van der Waals surface area contributed by atoms with Crippen LogP contribution in [-0.4, -0.2) is 47.2 Å². The molecule has 0 aliphatic heterocycles. The van der Waals surface area contributed by atoms with Crippen LogP contribution >= 0.6 is 0 Å².